The fraction of sp³-hybridized carbons (Fsp3) is 0.600. The number of hydrogen-bond donors (Lipinski definition) is 0. The van der Waals surface area contributed by atoms with E-state index in [1.807, 2.05) is 0 Å². The highest BCUT2D eigenvalue weighted by Gasteiger charge is 2.39. The van der Waals surface area contributed by atoms with Gasteiger partial charge in [0.05, 0.1) is 0 Å². The van der Waals surface area contributed by atoms with E-state index in [1.165, 1.54) is 7.05 Å². The molecule has 1 aliphatic heterocycles. The summed E-state index contributed by atoms with van der Waals surface area (Å²) in [5, 5.41) is 1.22. The molecule has 0 amide bonds. The van der Waals surface area contributed by atoms with Crippen LogP contribution in [0.2, 0.25) is 0 Å². The normalized spacial score (nSPS) is 20.6. The summed E-state index contributed by atoms with van der Waals surface area (Å²) in [5.41, 5.74) is 0. The largest absolute Gasteiger partial charge is 0.498 e. The van der Waals surface area contributed by atoms with Crippen LogP contribution >= 0.6 is 0 Å². The summed E-state index contributed by atoms with van der Waals surface area (Å²) in [6, 6.07) is 0. The smallest absolute Gasteiger partial charge is 0.221 e. The van der Waals surface area contributed by atoms with Gasteiger partial charge < -0.3 is 0 Å². The van der Waals surface area contributed by atoms with Crippen molar-refractivity contribution < 1.29 is 13.2 Å². The maximum Gasteiger partial charge on any atom is 0.498 e. The fourth-order valence-electron chi connectivity index (χ4n) is 0.701. The number of nitrogens with zero attached hydrogens (tertiary/aromatic N) is 2. The molecule has 2 nitrogen and oxygen atoms in total. The molecular weight excluding hydrogens is 145 g/mol. The molecule has 0 spiro atoms. The van der Waals surface area contributed by atoms with Crippen LogP contribution in [0.25, 0.3) is 0 Å². The molecule has 0 bridgehead atoms. The van der Waals surface area contributed by atoms with E-state index >= 15 is 0 Å². The van der Waals surface area contributed by atoms with E-state index in [9.17, 15) is 13.2 Å². The van der Waals surface area contributed by atoms with Gasteiger partial charge in [-0.3, -0.25) is 0 Å². The highest BCUT2D eigenvalue weighted by atomic mass is 19.4. The Balaban J connectivity index is 2.64. The molecule has 1 radical (unpaired) electrons. The van der Waals surface area contributed by atoms with E-state index in [2.05, 4.69) is 6.08 Å². The maximum absolute atomic E-state index is 11.8. The van der Waals surface area contributed by atoms with Crippen molar-refractivity contribution in [3.8, 4) is 0 Å². The third-order valence-corrected chi connectivity index (χ3v) is 1.16. The second-order valence-corrected chi connectivity index (χ2v) is 1.96. The van der Waals surface area contributed by atoms with Gasteiger partial charge in [-0.2, -0.15) is 0 Å². The van der Waals surface area contributed by atoms with Crippen molar-refractivity contribution in [1.82, 2.24) is 10.0 Å². The minimum atomic E-state index is -4.31. The first-order valence-corrected chi connectivity index (χ1v) is 2.65. The van der Waals surface area contributed by atoms with Crippen LogP contribution in [0.5, 0.6) is 0 Å². The molecule has 0 atom stereocenters. The Hall–Kier alpha value is -0.710. The van der Waals surface area contributed by atoms with Gasteiger partial charge in [-0.1, -0.05) is 0 Å². The van der Waals surface area contributed by atoms with E-state index in [4.69, 9.17) is 0 Å². The monoisotopic (exact) mass is 151 g/mol. The highest BCUT2D eigenvalue weighted by molar-refractivity contribution is 4.84. The minimum Gasteiger partial charge on any atom is -0.221 e. The third kappa shape index (κ3) is 1.23. The molecular formula is C5H6F3N2. The van der Waals surface area contributed by atoms with E-state index in [1.54, 1.807) is 0 Å². The first-order chi connectivity index (χ1) is 4.52. The topological polar surface area (TPSA) is 6.48 Å². The molecule has 57 valence electrons. The Morgan fingerprint density at radius 1 is 1.50 bits per heavy atom. The van der Waals surface area contributed by atoms with Gasteiger partial charge in [0.1, 0.15) is 0 Å². The average Bonchev–Trinajstić information content (AvgIpc) is 2.11. The van der Waals surface area contributed by atoms with Crippen LogP contribution in [-0.2, 0) is 0 Å². The van der Waals surface area contributed by atoms with Gasteiger partial charge in [-0.15, -0.1) is 13.2 Å². The molecule has 0 N–H and O–H groups in total. The summed E-state index contributed by atoms with van der Waals surface area (Å²) in [5.74, 6) is 0. The van der Waals surface area contributed by atoms with E-state index in [0.717, 1.165) is 11.2 Å². The van der Waals surface area contributed by atoms with Crippen LogP contribution in [0.4, 0.5) is 13.2 Å². The van der Waals surface area contributed by atoms with Crippen molar-refractivity contribution in [2.24, 2.45) is 0 Å². The van der Waals surface area contributed by atoms with Gasteiger partial charge in [-0.25, -0.2) is 10.0 Å². The van der Waals surface area contributed by atoms with Gasteiger partial charge in [0.15, 0.2) is 0 Å². The number of alkyl halides is 3. The first-order valence-electron chi connectivity index (χ1n) is 2.65. The summed E-state index contributed by atoms with van der Waals surface area (Å²) < 4.78 is 35.5. The summed E-state index contributed by atoms with van der Waals surface area (Å²) >= 11 is 0. The van der Waals surface area contributed by atoms with Crippen LogP contribution in [0.3, 0.4) is 0 Å². The molecule has 1 aliphatic rings. The van der Waals surface area contributed by atoms with Crippen LogP contribution in [-0.4, -0.2) is 29.9 Å². The maximum atomic E-state index is 11.8. The van der Waals surface area contributed by atoms with E-state index in [-0.39, 0.29) is 11.6 Å². The quantitative estimate of drug-likeness (QED) is 0.476. The molecule has 0 unspecified atom stereocenters. The molecule has 0 saturated carbocycles. The molecule has 0 aromatic rings. The Morgan fingerprint density at radius 3 is 2.30 bits per heavy atom. The summed E-state index contributed by atoms with van der Waals surface area (Å²) in [6.07, 6.45) is -0.983. The number of hydrazine groups is 1. The van der Waals surface area contributed by atoms with E-state index in [0.29, 0.717) is 0 Å². The molecule has 5 heteroatoms. The van der Waals surface area contributed by atoms with Gasteiger partial charge in [0.2, 0.25) is 0 Å². The number of likely N-dealkylation sites (N-methyl/N-ethyl adjacent to an activating group) is 1. The molecule has 1 rings (SSSR count). The van der Waals surface area contributed by atoms with E-state index < -0.39 is 6.30 Å². The van der Waals surface area contributed by atoms with Crippen LogP contribution in [0.1, 0.15) is 0 Å². The Morgan fingerprint density at radius 2 is 2.10 bits per heavy atom. The molecule has 0 saturated heterocycles. The molecule has 0 aliphatic carbocycles. The van der Waals surface area contributed by atoms with Crippen molar-refractivity contribution in [2.75, 3.05) is 13.6 Å². The lowest BCUT2D eigenvalue weighted by atomic mass is 10.6. The highest BCUT2D eigenvalue weighted by Crippen LogP contribution is 2.24. The van der Waals surface area contributed by atoms with Gasteiger partial charge in [-0.05, 0) is 6.08 Å². The predicted octanol–water partition coefficient (Wildman–Crippen LogP) is 0.985. The third-order valence-electron chi connectivity index (χ3n) is 1.16. The summed E-state index contributed by atoms with van der Waals surface area (Å²) in [7, 11) is 1.35. The molecule has 1 heterocycles. The SMILES string of the molecule is CN1C[C]=CN1C(F)(F)F. The molecule has 10 heavy (non-hydrogen) atoms. The first kappa shape index (κ1) is 7.40. The minimum absolute atomic E-state index is 0.188. The zero-order valence-electron chi connectivity index (χ0n) is 5.31. The van der Waals surface area contributed by atoms with Crippen LogP contribution in [0, 0.1) is 6.08 Å². The molecule has 0 fully saturated rings. The lowest BCUT2D eigenvalue weighted by molar-refractivity contribution is -0.280. The Kier molecular flexibility index (Phi) is 1.60. The average molecular weight is 151 g/mol. The van der Waals surface area contributed by atoms with Crippen molar-refractivity contribution in [1.29, 1.82) is 0 Å². The van der Waals surface area contributed by atoms with Crippen molar-refractivity contribution in [3.05, 3.63) is 12.3 Å². The fourth-order valence-corrected chi connectivity index (χ4v) is 0.701. The van der Waals surface area contributed by atoms with Crippen LogP contribution < -0.4 is 0 Å². The second kappa shape index (κ2) is 2.16. The standard InChI is InChI=1S/C5H6F3N2/c1-9-3-2-4-10(9)5(6,7)8/h4H,3H2,1H3. The van der Waals surface area contributed by atoms with Gasteiger partial charge >= 0.3 is 6.30 Å². The number of hydrogen-bond acceptors (Lipinski definition) is 2. The summed E-state index contributed by atoms with van der Waals surface area (Å²) in [6.45, 7) is 0.194. The lowest BCUT2D eigenvalue weighted by Crippen LogP contribution is -2.42. The van der Waals surface area contributed by atoms with Gasteiger partial charge in [0.25, 0.3) is 0 Å². The van der Waals surface area contributed by atoms with Crippen LogP contribution in [0.15, 0.2) is 6.20 Å². The lowest BCUT2D eigenvalue weighted by Gasteiger charge is -2.26. The number of halogens is 3. The van der Waals surface area contributed by atoms with Crippen molar-refractivity contribution in [2.45, 2.75) is 6.30 Å². The molecule has 0 aromatic carbocycles. The second-order valence-electron chi connectivity index (χ2n) is 1.96. The zero-order chi connectivity index (χ0) is 7.78. The summed E-state index contributed by atoms with van der Waals surface area (Å²) in [4.78, 5) is 0. The van der Waals surface area contributed by atoms with Gasteiger partial charge in [0, 0.05) is 19.8 Å². The predicted molar refractivity (Wildman–Crippen MR) is 28.3 cm³/mol. The zero-order valence-corrected chi connectivity index (χ0v) is 5.31. The Labute approximate surface area is 56.5 Å². The Bertz CT molecular complexity index is 151. The number of rotatable bonds is 0. The molecule has 0 aromatic heterocycles. The van der Waals surface area contributed by atoms with Crippen molar-refractivity contribution >= 4 is 0 Å². The van der Waals surface area contributed by atoms with Crippen molar-refractivity contribution in [3.63, 3.8) is 0 Å².